The largest absolute Gasteiger partial charge is 0.454 e. The predicted octanol–water partition coefficient (Wildman–Crippen LogP) is 3.68. The quantitative estimate of drug-likeness (QED) is 0.478. The number of para-hydroxylation sites is 1. The summed E-state index contributed by atoms with van der Waals surface area (Å²) < 4.78 is 10.6. The molecule has 0 atom stereocenters. The molecule has 4 aromatic rings. The number of ether oxygens (including phenoxy) is 2. The first-order valence-electron chi connectivity index (χ1n) is 10.5. The van der Waals surface area contributed by atoms with Crippen LogP contribution >= 0.6 is 0 Å². The van der Waals surface area contributed by atoms with E-state index in [1.165, 1.54) is 0 Å². The number of hydrogen-bond acceptors (Lipinski definition) is 5. The molecule has 0 radical (unpaired) electrons. The van der Waals surface area contributed by atoms with Gasteiger partial charge in [-0.25, -0.2) is 0 Å². The normalized spacial score (nSPS) is 11.9. The van der Waals surface area contributed by atoms with Crippen LogP contribution in [0.15, 0.2) is 79.0 Å². The van der Waals surface area contributed by atoms with Crippen molar-refractivity contribution in [3.63, 3.8) is 0 Å². The Labute approximate surface area is 190 Å². The maximum atomic E-state index is 12.4. The van der Waals surface area contributed by atoms with Crippen molar-refractivity contribution in [3.05, 3.63) is 90.1 Å². The lowest BCUT2D eigenvalue weighted by Crippen LogP contribution is -2.36. The zero-order chi connectivity index (χ0) is 22.6. The minimum atomic E-state index is -0.309. The third-order valence-corrected chi connectivity index (χ3v) is 5.41. The minimum Gasteiger partial charge on any atom is -0.454 e. The summed E-state index contributed by atoms with van der Waals surface area (Å²) in [6, 6.07) is 22.7. The molecule has 1 aromatic heterocycles. The smallest absolute Gasteiger partial charge is 0.251 e. The second kappa shape index (κ2) is 9.00. The van der Waals surface area contributed by atoms with Gasteiger partial charge < -0.3 is 20.1 Å². The van der Waals surface area contributed by atoms with Crippen LogP contribution in [0.1, 0.15) is 15.9 Å². The van der Waals surface area contributed by atoms with Gasteiger partial charge in [0.1, 0.15) is 0 Å². The zero-order valence-electron chi connectivity index (χ0n) is 17.7. The number of amides is 2. The predicted molar refractivity (Wildman–Crippen MR) is 124 cm³/mol. The number of rotatable bonds is 6. The number of carbonyl (C=O) groups is 2. The number of nitrogens with zero attached hydrogens (tertiary/aromatic N) is 1. The van der Waals surface area contributed by atoms with Crippen LogP contribution in [0.5, 0.6) is 11.5 Å². The highest BCUT2D eigenvalue weighted by molar-refractivity contribution is 5.97. The summed E-state index contributed by atoms with van der Waals surface area (Å²) in [6.45, 7) is 0.427. The number of fused-ring (bicyclic) bond motifs is 2. The van der Waals surface area contributed by atoms with E-state index in [2.05, 4.69) is 21.7 Å². The lowest BCUT2D eigenvalue weighted by molar-refractivity contribution is -0.120. The van der Waals surface area contributed by atoms with Crippen molar-refractivity contribution in [2.24, 2.45) is 0 Å². The summed E-state index contributed by atoms with van der Waals surface area (Å²) in [5, 5.41) is 6.50. The van der Waals surface area contributed by atoms with Crippen LogP contribution < -0.4 is 20.1 Å². The Kier molecular flexibility index (Phi) is 5.59. The maximum absolute atomic E-state index is 12.4. The van der Waals surface area contributed by atoms with Gasteiger partial charge >= 0.3 is 0 Å². The molecule has 0 spiro atoms. The fraction of sp³-hybridized carbons (Fsp3) is 0.115. The number of nitrogens with one attached hydrogen (secondary N) is 2. The third kappa shape index (κ3) is 4.62. The van der Waals surface area contributed by atoms with Crippen LogP contribution in [0.4, 0.5) is 0 Å². The van der Waals surface area contributed by atoms with E-state index < -0.39 is 0 Å². The van der Waals surface area contributed by atoms with E-state index in [-0.39, 0.29) is 25.2 Å². The van der Waals surface area contributed by atoms with Gasteiger partial charge in [-0.3, -0.25) is 14.6 Å². The van der Waals surface area contributed by atoms with E-state index in [9.17, 15) is 9.59 Å². The molecule has 0 unspecified atom stereocenters. The summed E-state index contributed by atoms with van der Waals surface area (Å²) in [6.07, 6.45) is 1.82. The first-order chi connectivity index (χ1) is 16.2. The van der Waals surface area contributed by atoms with Crippen LogP contribution in [-0.2, 0) is 11.3 Å². The maximum Gasteiger partial charge on any atom is 0.251 e. The summed E-state index contributed by atoms with van der Waals surface area (Å²) in [5.74, 6) is 0.773. The number of pyridine rings is 1. The van der Waals surface area contributed by atoms with Crippen molar-refractivity contribution in [1.29, 1.82) is 0 Å². The number of benzene rings is 3. The minimum absolute atomic E-state index is 0.111. The van der Waals surface area contributed by atoms with Gasteiger partial charge in [0.2, 0.25) is 12.7 Å². The molecule has 1 aliphatic rings. The molecule has 0 bridgehead atoms. The second-order valence-corrected chi connectivity index (χ2v) is 7.64. The number of aromatic nitrogens is 1. The molecule has 2 amide bonds. The SMILES string of the molecule is O=C(CNC(=O)c1ccc(-c2cnc3ccccc3c2)cc1)NCc1ccc2c(c1)OCO2. The van der Waals surface area contributed by atoms with E-state index in [1.807, 2.05) is 60.8 Å². The fourth-order valence-corrected chi connectivity index (χ4v) is 3.62. The molecule has 5 rings (SSSR count). The molecule has 1 aliphatic heterocycles. The van der Waals surface area contributed by atoms with Gasteiger partial charge in [-0.2, -0.15) is 0 Å². The van der Waals surface area contributed by atoms with Gasteiger partial charge in [-0.15, -0.1) is 0 Å². The Balaban J connectivity index is 1.14. The molecular weight excluding hydrogens is 418 g/mol. The average Bonchev–Trinajstić information content (AvgIpc) is 3.34. The van der Waals surface area contributed by atoms with Crippen molar-refractivity contribution in [1.82, 2.24) is 15.6 Å². The Morgan fingerprint density at radius 1 is 0.848 bits per heavy atom. The highest BCUT2D eigenvalue weighted by Gasteiger charge is 2.14. The molecule has 3 aromatic carbocycles. The first-order valence-corrected chi connectivity index (χ1v) is 10.5. The topological polar surface area (TPSA) is 89.6 Å². The molecule has 164 valence electrons. The van der Waals surface area contributed by atoms with Gasteiger partial charge in [-0.1, -0.05) is 36.4 Å². The van der Waals surface area contributed by atoms with Crippen molar-refractivity contribution >= 4 is 22.7 Å². The average molecular weight is 439 g/mol. The molecule has 33 heavy (non-hydrogen) atoms. The molecule has 2 N–H and O–H groups in total. The number of carbonyl (C=O) groups excluding carboxylic acids is 2. The summed E-state index contributed by atoms with van der Waals surface area (Å²) in [4.78, 5) is 29.1. The van der Waals surface area contributed by atoms with Crippen LogP contribution in [-0.4, -0.2) is 30.1 Å². The summed E-state index contributed by atoms with van der Waals surface area (Å²) in [7, 11) is 0. The summed E-state index contributed by atoms with van der Waals surface area (Å²) in [5.41, 5.74) is 4.25. The van der Waals surface area contributed by atoms with E-state index in [1.54, 1.807) is 12.1 Å². The number of hydrogen-bond donors (Lipinski definition) is 2. The standard InChI is InChI=1S/C26H21N3O4/c30-25(28-13-17-5-10-23-24(11-17)33-16-32-23)15-29-26(31)19-8-6-18(7-9-19)21-12-20-3-1-2-4-22(20)27-14-21/h1-12,14H,13,15-16H2,(H,28,30)(H,29,31). The van der Waals surface area contributed by atoms with Crippen LogP contribution in [0.3, 0.4) is 0 Å². The molecule has 0 saturated carbocycles. The highest BCUT2D eigenvalue weighted by atomic mass is 16.7. The van der Waals surface area contributed by atoms with Gasteiger partial charge in [0.25, 0.3) is 5.91 Å². The van der Waals surface area contributed by atoms with Crippen LogP contribution in [0.2, 0.25) is 0 Å². The van der Waals surface area contributed by atoms with Gasteiger partial charge in [0.15, 0.2) is 11.5 Å². The Bertz CT molecular complexity index is 1340. The van der Waals surface area contributed by atoms with Crippen LogP contribution in [0, 0.1) is 0 Å². The molecule has 0 saturated heterocycles. The molecule has 0 fully saturated rings. The van der Waals surface area contributed by atoms with E-state index in [4.69, 9.17) is 9.47 Å². The second-order valence-electron chi connectivity index (χ2n) is 7.64. The summed E-state index contributed by atoms with van der Waals surface area (Å²) >= 11 is 0. The Morgan fingerprint density at radius 3 is 2.55 bits per heavy atom. The highest BCUT2D eigenvalue weighted by Crippen LogP contribution is 2.32. The Hall–Kier alpha value is -4.39. The van der Waals surface area contributed by atoms with Gasteiger partial charge in [0.05, 0.1) is 12.1 Å². The Morgan fingerprint density at radius 2 is 1.67 bits per heavy atom. The van der Waals surface area contributed by atoms with Gasteiger partial charge in [0, 0.05) is 29.3 Å². The van der Waals surface area contributed by atoms with E-state index in [0.29, 0.717) is 23.6 Å². The lowest BCUT2D eigenvalue weighted by Gasteiger charge is -2.09. The molecule has 0 aliphatic carbocycles. The molecular formula is C26H21N3O4. The van der Waals surface area contributed by atoms with Crippen molar-refractivity contribution in [2.45, 2.75) is 6.54 Å². The third-order valence-electron chi connectivity index (χ3n) is 5.41. The van der Waals surface area contributed by atoms with Gasteiger partial charge in [-0.05, 0) is 47.5 Å². The fourth-order valence-electron chi connectivity index (χ4n) is 3.62. The van der Waals surface area contributed by atoms with E-state index >= 15 is 0 Å². The molecule has 2 heterocycles. The first kappa shape index (κ1) is 20.5. The lowest BCUT2D eigenvalue weighted by atomic mass is 10.0. The molecule has 7 nitrogen and oxygen atoms in total. The van der Waals surface area contributed by atoms with Crippen molar-refractivity contribution < 1.29 is 19.1 Å². The molecule has 7 heteroatoms. The van der Waals surface area contributed by atoms with Crippen molar-refractivity contribution in [3.8, 4) is 22.6 Å². The van der Waals surface area contributed by atoms with Crippen molar-refractivity contribution in [2.75, 3.05) is 13.3 Å². The van der Waals surface area contributed by atoms with Crippen LogP contribution in [0.25, 0.3) is 22.0 Å². The zero-order valence-corrected chi connectivity index (χ0v) is 17.7. The van der Waals surface area contributed by atoms with E-state index in [0.717, 1.165) is 27.6 Å². The monoisotopic (exact) mass is 439 g/mol.